The van der Waals surface area contributed by atoms with Crippen molar-refractivity contribution in [3.05, 3.63) is 17.9 Å². The molecular formula is C9H15AlO. The van der Waals surface area contributed by atoms with Gasteiger partial charge >= 0.3 is 14.1 Å². The quantitative estimate of drug-likeness (QED) is 0.628. The molecule has 0 bridgehead atoms. The Morgan fingerprint density at radius 1 is 1.27 bits per heavy atom. The first-order valence-corrected chi connectivity index (χ1v) is 6.55. The van der Waals surface area contributed by atoms with Gasteiger partial charge in [-0.2, -0.15) is 0 Å². The third-order valence-electron chi connectivity index (χ3n) is 2.15. The Bertz CT molecular complexity index is 213. The van der Waals surface area contributed by atoms with E-state index in [0.717, 1.165) is 5.76 Å². The van der Waals surface area contributed by atoms with Gasteiger partial charge in [-0.25, -0.2) is 0 Å². The molecule has 0 amide bonds. The van der Waals surface area contributed by atoms with Crippen molar-refractivity contribution < 1.29 is 4.42 Å². The summed E-state index contributed by atoms with van der Waals surface area (Å²) in [5.74, 6) is 1.06. The first kappa shape index (κ1) is 8.90. The summed E-state index contributed by atoms with van der Waals surface area (Å²) in [7, 11) is 0. The van der Waals surface area contributed by atoms with Gasteiger partial charge < -0.3 is 4.42 Å². The molecule has 1 rings (SSSR count). The van der Waals surface area contributed by atoms with Crippen LogP contribution in [-0.2, 0) is 0 Å². The van der Waals surface area contributed by atoms with Crippen molar-refractivity contribution in [1.82, 2.24) is 0 Å². The van der Waals surface area contributed by atoms with Gasteiger partial charge in [0.25, 0.3) is 0 Å². The van der Waals surface area contributed by atoms with Crippen molar-refractivity contribution >= 4 is 18.8 Å². The molecule has 0 radical (unpaired) electrons. The van der Waals surface area contributed by atoms with E-state index in [4.69, 9.17) is 4.42 Å². The van der Waals surface area contributed by atoms with Crippen molar-refractivity contribution in [3.8, 4) is 0 Å². The maximum atomic E-state index is 5.59. The lowest BCUT2D eigenvalue weighted by Crippen LogP contribution is -2.26. The van der Waals surface area contributed by atoms with Crippen LogP contribution >= 0.6 is 0 Å². The number of hydrogen-bond donors (Lipinski definition) is 0. The number of rotatable bonds is 3. The van der Waals surface area contributed by atoms with Crippen molar-refractivity contribution in [2.75, 3.05) is 0 Å². The molecule has 0 spiro atoms. The highest BCUT2D eigenvalue weighted by Crippen LogP contribution is 2.02. The molecule has 0 aromatic carbocycles. The fourth-order valence-corrected chi connectivity index (χ4v) is 3.47. The van der Waals surface area contributed by atoms with Gasteiger partial charge in [0.1, 0.15) is 0 Å². The van der Waals surface area contributed by atoms with E-state index in [1.54, 1.807) is 0 Å². The van der Waals surface area contributed by atoms with Gasteiger partial charge in [-0.1, -0.05) is 24.4 Å². The average molecular weight is 166 g/mol. The third-order valence-corrected chi connectivity index (χ3v) is 5.24. The minimum absolute atomic E-state index is 0.696. The zero-order valence-electron chi connectivity index (χ0n) is 7.55. The number of aryl methyl sites for hydroxylation is 1. The monoisotopic (exact) mass is 166 g/mol. The number of hydrogen-bond acceptors (Lipinski definition) is 1. The summed E-state index contributed by atoms with van der Waals surface area (Å²) in [6, 6.07) is 4.22. The summed E-state index contributed by atoms with van der Waals surface area (Å²) in [5, 5.41) is 2.62. The van der Waals surface area contributed by atoms with Crippen LogP contribution in [0.25, 0.3) is 0 Å². The Hall–Kier alpha value is -0.188. The zero-order valence-corrected chi connectivity index (χ0v) is 8.71. The smallest absolute Gasteiger partial charge is 0.364 e. The van der Waals surface area contributed by atoms with Crippen LogP contribution < -0.4 is 4.62 Å². The van der Waals surface area contributed by atoms with E-state index >= 15 is 0 Å². The summed E-state index contributed by atoms with van der Waals surface area (Å²) < 4.78 is 6.87. The van der Waals surface area contributed by atoms with Gasteiger partial charge in [0.2, 0.25) is 0 Å². The Balaban J connectivity index is 2.73. The molecule has 0 atom stereocenters. The highest BCUT2D eigenvalue weighted by atomic mass is 27.2. The third kappa shape index (κ3) is 2.12. The average Bonchev–Trinajstić information content (AvgIpc) is 2.39. The molecule has 1 aromatic rings. The van der Waals surface area contributed by atoms with Gasteiger partial charge in [-0.05, 0) is 19.1 Å². The van der Waals surface area contributed by atoms with Gasteiger partial charge in [0.15, 0.2) is 0 Å². The second-order valence-electron chi connectivity index (χ2n) is 2.96. The maximum Gasteiger partial charge on any atom is 0.364 e. The van der Waals surface area contributed by atoms with Crippen LogP contribution in [0.2, 0.25) is 10.6 Å². The van der Waals surface area contributed by atoms with Gasteiger partial charge in [-0.3, -0.25) is 0 Å². The predicted octanol–water partition coefficient (Wildman–Crippen LogP) is 2.33. The number of furan rings is 1. The standard InChI is InChI=1S/C5H5O.2C2H5.Al/c1-5-3-2-4-6-5;2*1-2;/h2-3H,1H3;2*1H2,2H3;. The van der Waals surface area contributed by atoms with E-state index < -0.39 is 14.1 Å². The minimum atomic E-state index is -0.696. The van der Waals surface area contributed by atoms with Gasteiger partial charge in [0.05, 0.1) is 5.76 Å². The molecule has 0 aliphatic carbocycles. The van der Waals surface area contributed by atoms with Crippen LogP contribution in [0.5, 0.6) is 0 Å². The van der Waals surface area contributed by atoms with E-state index in [2.05, 4.69) is 26.0 Å². The molecule has 60 valence electrons. The van der Waals surface area contributed by atoms with E-state index in [1.165, 1.54) is 15.2 Å². The first-order valence-electron chi connectivity index (χ1n) is 4.34. The van der Waals surface area contributed by atoms with Crippen LogP contribution in [0, 0.1) is 6.92 Å². The van der Waals surface area contributed by atoms with Gasteiger partial charge in [-0.15, -0.1) is 0 Å². The molecule has 11 heavy (non-hydrogen) atoms. The summed E-state index contributed by atoms with van der Waals surface area (Å²) >= 11 is -0.696. The lowest BCUT2D eigenvalue weighted by atomic mass is 10.5. The highest BCUT2D eigenvalue weighted by molar-refractivity contribution is 6.71. The molecule has 0 aliphatic rings. The molecule has 0 aliphatic heterocycles. The molecule has 0 saturated heterocycles. The van der Waals surface area contributed by atoms with E-state index in [-0.39, 0.29) is 0 Å². The van der Waals surface area contributed by atoms with Crippen LogP contribution in [-0.4, -0.2) is 14.1 Å². The Morgan fingerprint density at radius 3 is 2.27 bits per heavy atom. The molecule has 1 heterocycles. The maximum absolute atomic E-state index is 5.59. The van der Waals surface area contributed by atoms with Crippen LogP contribution in [0.15, 0.2) is 16.5 Å². The van der Waals surface area contributed by atoms with E-state index in [0.29, 0.717) is 0 Å². The lowest BCUT2D eigenvalue weighted by molar-refractivity contribution is 0.563. The molecule has 0 saturated carbocycles. The van der Waals surface area contributed by atoms with Crippen LogP contribution in [0.3, 0.4) is 0 Å². The van der Waals surface area contributed by atoms with E-state index in [1.807, 2.05) is 6.92 Å². The zero-order chi connectivity index (χ0) is 8.27. The molecule has 0 unspecified atom stereocenters. The molecule has 2 heteroatoms. The largest absolute Gasteiger partial charge is 0.485 e. The van der Waals surface area contributed by atoms with Crippen LogP contribution in [0.4, 0.5) is 0 Å². The summed E-state index contributed by atoms with van der Waals surface area (Å²) in [6.45, 7) is 6.54. The normalized spacial score (nSPS) is 10.1. The fraction of sp³-hybridized carbons (Fsp3) is 0.556. The van der Waals surface area contributed by atoms with E-state index in [9.17, 15) is 0 Å². The highest BCUT2D eigenvalue weighted by Gasteiger charge is 2.18. The first-order chi connectivity index (χ1) is 5.27. The Labute approximate surface area is 72.8 Å². The minimum Gasteiger partial charge on any atom is -0.485 e. The summed E-state index contributed by atoms with van der Waals surface area (Å²) in [4.78, 5) is 0. The van der Waals surface area contributed by atoms with Crippen molar-refractivity contribution in [1.29, 1.82) is 0 Å². The SMILES string of the molecule is C[CH2][Al]([CH2]C)[c]1ccc(C)o1. The topological polar surface area (TPSA) is 13.1 Å². The van der Waals surface area contributed by atoms with Crippen molar-refractivity contribution in [2.24, 2.45) is 0 Å². The fourth-order valence-electron chi connectivity index (χ4n) is 1.36. The molecule has 1 aromatic heterocycles. The van der Waals surface area contributed by atoms with Crippen molar-refractivity contribution in [3.63, 3.8) is 0 Å². The molecule has 0 N–H and O–H groups in total. The molecule has 0 fully saturated rings. The second kappa shape index (κ2) is 3.99. The Kier molecular flexibility index (Phi) is 3.23. The summed E-state index contributed by atoms with van der Waals surface area (Å²) in [5.41, 5.74) is 0. The Morgan fingerprint density at radius 2 is 1.91 bits per heavy atom. The summed E-state index contributed by atoms with van der Waals surface area (Å²) in [6.07, 6.45) is 0. The lowest BCUT2D eigenvalue weighted by Gasteiger charge is -2.00. The molecular weight excluding hydrogens is 151 g/mol. The second-order valence-corrected chi connectivity index (χ2v) is 6.56. The van der Waals surface area contributed by atoms with Crippen LogP contribution in [0.1, 0.15) is 19.6 Å². The molecule has 1 nitrogen and oxygen atoms in total. The predicted molar refractivity (Wildman–Crippen MR) is 49.8 cm³/mol. The van der Waals surface area contributed by atoms with Gasteiger partial charge in [0, 0.05) is 4.62 Å². The van der Waals surface area contributed by atoms with Crippen molar-refractivity contribution in [2.45, 2.75) is 31.3 Å².